The summed E-state index contributed by atoms with van der Waals surface area (Å²) in [5, 5.41) is 8.19. The van der Waals surface area contributed by atoms with E-state index in [0.29, 0.717) is 84.4 Å². The molecule has 1 aromatic heterocycles. The summed E-state index contributed by atoms with van der Waals surface area (Å²) >= 11 is 0. The second kappa shape index (κ2) is 20.0. The lowest BCUT2D eigenvalue weighted by Gasteiger charge is -2.20. The van der Waals surface area contributed by atoms with Crippen molar-refractivity contribution in [2.45, 2.75) is 39.5 Å². The Bertz CT molecular complexity index is 2150. The number of hydrogen-bond acceptors (Lipinski definition) is 9. The average Bonchev–Trinajstić information content (AvgIpc) is 3.66. The van der Waals surface area contributed by atoms with Gasteiger partial charge in [-0.25, -0.2) is 4.98 Å². The third-order valence-corrected chi connectivity index (χ3v) is 9.44. The molecule has 0 atom stereocenters. The van der Waals surface area contributed by atoms with Crippen molar-refractivity contribution in [2.24, 2.45) is 4.99 Å². The molecular formula is C44H51N7O4. The number of ether oxygens (including phenoxy) is 2. The molecule has 0 aliphatic carbocycles. The zero-order chi connectivity index (χ0) is 39.2. The van der Waals surface area contributed by atoms with Crippen LogP contribution in [-0.2, 0) is 6.42 Å². The van der Waals surface area contributed by atoms with E-state index >= 15 is 0 Å². The van der Waals surface area contributed by atoms with Gasteiger partial charge in [0, 0.05) is 31.3 Å². The Morgan fingerprint density at radius 1 is 0.927 bits per heavy atom. The van der Waals surface area contributed by atoms with Gasteiger partial charge in [0.1, 0.15) is 24.1 Å². The molecule has 1 saturated heterocycles. The fourth-order valence-corrected chi connectivity index (χ4v) is 6.32. The van der Waals surface area contributed by atoms with Crippen molar-refractivity contribution >= 4 is 28.7 Å². The van der Waals surface area contributed by atoms with Crippen LogP contribution in [0.2, 0.25) is 0 Å². The number of carbonyl (C=O) groups excluding carboxylic acids is 1. The van der Waals surface area contributed by atoms with Gasteiger partial charge in [-0.15, -0.1) is 0 Å². The molecule has 2 aliphatic heterocycles. The van der Waals surface area contributed by atoms with E-state index in [4.69, 9.17) is 19.7 Å². The fourth-order valence-electron chi connectivity index (χ4n) is 6.32. The molecule has 11 heteroatoms. The number of para-hydroxylation sites is 1. The highest BCUT2D eigenvalue weighted by Crippen LogP contribution is 2.32. The molecule has 1 amide bonds. The van der Waals surface area contributed by atoms with Crippen LogP contribution < -0.4 is 15.0 Å². The summed E-state index contributed by atoms with van der Waals surface area (Å²) in [6.07, 6.45) is 5.92. The van der Waals surface area contributed by atoms with E-state index in [9.17, 15) is 9.59 Å². The van der Waals surface area contributed by atoms with Crippen molar-refractivity contribution in [1.82, 2.24) is 24.3 Å². The molecule has 0 radical (unpaired) electrons. The minimum absolute atomic E-state index is 0.0376. The second-order valence-corrected chi connectivity index (χ2v) is 13.4. The molecule has 2 aliphatic rings. The SMILES string of the molecule is CCC#N.CCN1CC=Nc2cc(CCN(C)COc3ccc(-n4c(-c5ccccc5)nc5ccccc5c4=O)cc3)c(OC)cc2C1=O.CN1CCCC1. The zero-order valence-corrected chi connectivity index (χ0v) is 32.6. The van der Waals surface area contributed by atoms with Gasteiger partial charge in [-0.05, 0) is 107 Å². The summed E-state index contributed by atoms with van der Waals surface area (Å²) < 4.78 is 13.4. The molecule has 0 bridgehead atoms. The largest absolute Gasteiger partial charge is 0.496 e. The quantitative estimate of drug-likeness (QED) is 0.136. The van der Waals surface area contributed by atoms with E-state index in [0.717, 1.165) is 11.1 Å². The number of aliphatic imine (C=N–C) groups is 1. The van der Waals surface area contributed by atoms with Gasteiger partial charge >= 0.3 is 0 Å². The number of methoxy groups -OCH3 is 1. The third-order valence-electron chi connectivity index (χ3n) is 9.44. The molecular weight excluding hydrogens is 691 g/mol. The van der Waals surface area contributed by atoms with Crippen LogP contribution in [0.5, 0.6) is 11.5 Å². The molecule has 11 nitrogen and oxygen atoms in total. The van der Waals surface area contributed by atoms with Crippen LogP contribution in [0.25, 0.3) is 28.0 Å². The van der Waals surface area contributed by atoms with Crippen molar-refractivity contribution in [2.75, 3.05) is 60.7 Å². The molecule has 5 aromatic rings. The molecule has 0 spiro atoms. The van der Waals surface area contributed by atoms with Crippen LogP contribution in [0.1, 0.15) is 49.0 Å². The molecule has 0 saturated carbocycles. The van der Waals surface area contributed by atoms with Gasteiger partial charge in [-0.3, -0.25) is 24.0 Å². The van der Waals surface area contributed by atoms with E-state index in [-0.39, 0.29) is 11.5 Å². The van der Waals surface area contributed by atoms with Crippen LogP contribution in [0.3, 0.4) is 0 Å². The maximum atomic E-state index is 13.6. The Balaban J connectivity index is 0.000000509. The van der Waals surface area contributed by atoms with E-state index in [1.165, 1.54) is 25.9 Å². The predicted octanol–water partition coefficient (Wildman–Crippen LogP) is 7.38. The summed E-state index contributed by atoms with van der Waals surface area (Å²) in [5.41, 5.74) is 4.30. The number of nitrogens with zero attached hydrogens (tertiary/aromatic N) is 7. The molecule has 0 N–H and O–H groups in total. The second-order valence-electron chi connectivity index (χ2n) is 13.4. The minimum atomic E-state index is -0.126. The Hall–Kier alpha value is -5.83. The lowest BCUT2D eigenvalue weighted by atomic mass is 10.0. The first-order valence-corrected chi connectivity index (χ1v) is 18.8. The highest BCUT2D eigenvalue weighted by atomic mass is 16.5. The van der Waals surface area contributed by atoms with Crippen LogP contribution >= 0.6 is 0 Å². The Kier molecular flexibility index (Phi) is 14.7. The normalized spacial score (nSPS) is 13.6. The van der Waals surface area contributed by atoms with E-state index in [1.54, 1.807) is 34.9 Å². The van der Waals surface area contributed by atoms with Gasteiger partial charge in [0.25, 0.3) is 11.5 Å². The van der Waals surface area contributed by atoms with Gasteiger partial charge in [-0.1, -0.05) is 49.4 Å². The lowest BCUT2D eigenvalue weighted by Crippen LogP contribution is -2.31. The molecule has 4 aromatic carbocycles. The predicted molar refractivity (Wildman–Crippen MR) is 220 cm³/mol. The van der Waals surface area contributed by atoms with Crippen molar-refractivity contribution in [1.29, 1.82) is 5.26 Å². The van der Waals surface area contributed by atoms with Crippen LogP contribution in [0.4, 0.5) is 5.69 Å². The Labute approximate surface area is 324 Å². The molecule has 55 heavy (non-hydrogen) atoms. The Morgan fingerprint density at radius 3 is 2.25 bits per heavy atom. The number of likely N-dealkylation sites (N-methyl/N-ethyl adjacent to an activating group) is 1. The third kappa shape index (κ3) is 10.4. The molecule has 3 heterocycles. The van der Waals surface area contributed by atoms with Crippen LogP contribution in [0, 0.1) is 11.3 Å². The fraction of sp³-hybridized carbons (Fsp3) is 0.341. The smallest absolute Gasteiger partial charge is 0.266 e. The van der Waals surface area contributed by atoms with Gasteiger partial charge in [0.05, 0.1) is 47.6 Å². The number of aromatic nitrogens is 2. The summed E-state index contributed by atoms with van der Waals surface area (Å²) in [6, 6.07) is 30.3. The van der Waals surface area contributed by atoms with Gasteiger partial charge in [-0.2, -0.15) is 5.26 Å². The highest BCUT2D eigenvalue weighted by Gasteiger charge is 2.22. The number of nitriles is 1. The number of likely N-dealkylation sites (tertiary alicyclic amines) is 1. The van der Waals surface area contributed by atoms with Crippen LogP contribution in [0.15, 0.2) is 101 Å². The standard InChI is InChI=1S/C36H35N5O4.C5H11N.C3H5N/c1-4-40-21-19-37-32-22-26(33(44-3)23-30(32)35(40)42)18-20-39(2)24-45-28-16-14-27(15-17-28)41-34(25-10-6-5-7-11-25)38-31-13-9-8-12-29(31)36(41)43;1-6-4-2-3-5-6;1-2-3-4/h5-17,19,22-23H,4,18,20-21,24H2,1-3H3;2-5H2,1H3;2H2,1H3. The van der Waals surface area contributed by atoms with Crippen molar-refractivity contribution in [3.63, 3.8) is 0 Å². The maximum Gasteiger partial charge on any atom is 0.266 e. The van der Waals surface area contributed by atoms with Crippen molar-refractivity contribution < 1.29 is 14.3 Å². The maximum absolute atomic E-state index is 13.6. The lowest BCUT2D eigenvalue weighted by molar-refractivity contribution is 0.0791. The first-order valence-electron chi connectivity index (χ1n) is 18.8. The molecule has 286 valence electrons. The van der Waals surface area contributed by atoms with Crippen LogP contribution in [-0.4, -0.2) is 97.0 Å². The summed E-state index contributed by atoms with van der Waals surface area (Å²) in [4.78, 5) is 42.2. The summed E-state index contributed by atoms with van der Waals surface area (Å²) in [5.74, 6) is 1.90. The average molecular weight is 742 g/mol. The first kappa shape index (κ1) is 40.4. The number of rotatable bonds is 10. The molecule has 0 unspecified atom stereocenters. The number of fused-ring (bicyclic) bond motifs is 2. The van der Waals surface area contributed by atoms with E-state index in [2.05, 4.69) is 21.8 Å². The van der Waals surface area contributed by atoms with E-state index < -0.39 is 0 Å². The number of carbonyl (C=O) groups is 1. The zero-order valence-electron chi connectivity index (χ0n) is 32.6. The minimum Gasteiger partial charge on any atom is -0.496 e. The monoisotopic (exact) mass is 741 g/mol. The Morgan fingerprint density at radius 2 is 1.62 bits per heavy atom. The topological polar surface area (TPSA) is 116 Å². The summed E-state index contributed by atoms with van der Waals surface area (Å²) in [6.45, 7) is 8.59. The number of amides is 1. The first-order chi connectivity index (χ1) is 26.8. The van der Waals surface area contributed by atoms with Crippen molar-refractivity contribution in [3.05, 3.63) is 112 Å². The van der Waals surface area contributed by atoms with Gasteiger partial charge in [0.2, 0.25) is 0 Å². The number of hydrogen-bond donors (Lipinski definition) is 0. The molecule has 1 fully saturated rings. The molecule has 7 rings (SSSR count). The highest BCUT2D eigenvalue weighted by molar-refractivity contribution is 6.02. The summed E-state index contributed by atoms with van der Waals surface area (Å²) in [7, 11) is 5.78. The van der Waals surface area contributed by atoms with Crippen molar-refractivity contribution in [3.8, 4) is 34.6 Å². The van der Waals surface area contributed by atoms with Gasteiger partial charge in [0.15, 0.2) is 0 Å². The van der Waals surface area contributed by atoms with E-state index in [1.807, 2.05) is 106 Å². The number of benzene rings is 4. The van der Waals surface area contributed by atoms with Gasteiger partial charge < -0.3 is 19.3 Å².